The van der Waals surface area contributed by atoms with Crippen molar-refractivity contribution in [3.8, 4) is 5.75 Å². The summed E-state index contributed by atoms with van der Waals surface area (Å²) in [6.45, 7) is -0.545. The van der Waals surface area contributed by atoms with Crippen LogP contribution in [0.25, 0.3) is 10.9 Å². The van der Waals surface area contributed by atoms with Gasteiger partial charge in [0.25, 0.3) is 5.91 Å². The summed E-state index contributed by atoms with van der Waals surface area (Å²) in [6, 6.07) is 13.6. The first kappa shape index (κ1) is 16.8. The molecule has 2 aromatic carbocycles. The number of amides is 1. The zero-order chi connectivity index (χ0) is 17.9. The quantitative estimate of drug-likeness (QED) is 0.767. The highest BCUT2D eigenvalue weighted by molar-refractivity contribution is 6.00. The van der Waals surface area contributed by atoms with Crippen LogP contribution in [0.1, 0.15) is 5.56 Å². The van der Waals surface area contributed by atoms with Crippen LogP contribution >= 0.6 is 0 Å². The number of hydrogen-bond acceptors (Lipinski definition) is 3. The standard InChI is InChI=1S/C18H13F3N2O2/c19-18(20,21)13-7-1-2-9-15(13)25-11-16(24)23-14-8-3-5-12-6-4-10-22-17(12)14/h1-10H,11H2,(H,23,24). The van der Waals surface area contributed by atoms with Gasteiger partial charge in [-0.1, -0.05) is 30.3 Å². The van der Waals surface area contributed by atoms with Crippen LogP contribution in [0.3, 0.4) is 0 Å². The Balaban J connectivity index is 1.72. The monoisotopic (exact) mass is 346 g/mol. The summed E-state index contributed by atoms with van der Waals surface area (Å²) in [4.78, 5) is 16.2. The van der Waals surface area contributed by atoms with Crippen LogP contribution in [0, 0.1) is 0 Å². The van der Waals surface area contributed by atoms with Crippen LogP contribution in [0.4, 0.5) is 18.9 Å². The average Bonchev–Trinajstić information content (AvgIpc) is 2.60. The van der Waals surface area contributed by atoms with Gasteiger partial charge >= 0.3 is 6.18 Å². The van der Waals surface area contributed by atoms with E-state index in [0.29, 0.717) is 11.2 Å². The number of anilines is 1. The minimum Gasteiger partial charge on any atom is -0.483 e. The molecular weight excluding hydrogens is 333 g/mol. The highest BCUT2D eigenvalue weighted by Gasteiger charge is 2.34. The summed E-state index contributed by atoms with van der Waals surface area (Å²) in [7, 11) is 0. The van der Waals surface area contributed by atoms with E-state index in [0.717, 1.165) is 11.5 Å². The van der Waals surface area contributed by atoms with E-state index in [1.54, 1.807) is 24.4 Å². The van der Waals surface area contributed by atoms with Gasteiger partial charge in [0.15, 0.2) is 6.61 Å². The molecule has 0 aliphatic heterocycles. The lowest BCUT2D eigenvalue weighted by Gasteiger charge is -2.14. The predicted octanol–water partition coefficient (Wildman–Crippen LogP) is 4.27. The van der Waals surface area contributed by atoms with Crippen molar-refractivity contribution in [2.24, 2.45) is 0 Å². The zero-order valence-corrected chi connectivity index (χ0v) is 12.9. The van der Waals surface area contributed by atoms with Gasteiger partial charge < -0.3 is 10.1 Å². The van der Waals surface area contributed by atoms with E-state index in [1.807, 2.05) is 12.1 Å². The Morgan fingerprint density at radius 1 is 1.04 bits per heavy atom. The van der Waals surface area contributed by atoms with Crippen molar-refractivity contribution in [3.05, 3.63) is 66.4 Å². The lowest BCUT2D eigenvalue weighted by Crippen LogP contribution is -2.21. The Morgan fingerprint density at radius 2 is 1.80 bits per heavy atom. The minimum atomic E-state index is -4.55. The molecule has 0 aliphatic rings. The van der Waals surface area contributed by atoms with Crippen molar-refractivity contribution >= 4 is 22.5 Å². The first-order chi connectivity index (χ1) is 11.9. The number of benzene rings is 2. The van der Waals surface area contributed by atoms with E-state index in [4.69, 9.17) is 4.74 Å². The number of halogens is 3. The third-order valence-corrected chi connectivity index (χ3v) is 3.46. The van der Waals surface area contributed by atoms with Crippen molar-refractivity contribution in [1.82, 2.24) is 4.98 Å². The summed E-state index contributed by atoms with van der Waals surface area (Å²) >= 11 is 0. The largest absolute Gasteiger partial charge is 0.483 e. The van der Waals surface area contributed by atoms with Crippen molar-refractivity contribution in [2.45, 2.75) is 6.18 Å². The average molecular weight is 346 g/mol. The van der Waals surface area contributed by atoms with Crippen LogP contribution in [0.15, 0.2) is 60.8 Å². The molecule has 1 N–H and O–H groups in total. The summed E-state index contributed by atoms with van der Waals surface area (Å²) in [6.07, 6.45) is -2.96. The molecule has 3 aromatic rings. The molecule has 25 heavy (non-hydrogen) atoms. The Hall–Kier alpha value is -3.09. The molecule has 0 radical (unpaired) electrons. The van der Waals surface area contributed by atoms with Crippen LogP contribution in [-0.4, -0.2) is 17.5 Å². The molecule has 3 rings (SSSR count). The molecular formula is C18H13F3N2O2. The minimum absolute atomic E-state index is 0.388. The molecule has 128 valence electrons. The fourth-order valence-electron chi connectivity index (χ4n) is 2.36. The number of nitrogens with zero attached hydrogens (tertiary/aromatic N) is 1. The predicted molar refractivity (Wildman–Crippen MR) is 87.3 cm³/mol. The van der Waals surface area contributed by atoms with E-state index in [-0.39, 0.29) is 5.75 Å². The van der Waals surface area contributed by atoms with Gasteiger partial charge in [-0.05, 0) is 24.3 Å². The van der Waals surface area contributed by atoms with Gasteiger partial charge in [-0.2, -0.15) is 13.2 Å². The molecule has 4 nitrogen and oxygen atoms in total. The highest BCUT2D eigenvalue weighted by Crippen LogP contribution is 2.35. The maximum absolute atomic E-state index is 12.9. The summed E-state index contributed by atoms with van der Waals surface area (Å²) in [5, 5.41) is 3.44. The van der Waals surface area contributed by atoms with Crippen LogP contribution in [0.2, 0.25) is 0 Å². The molecule has 7 heteroatoms. The molecule has 0 aliphatic carbocycles. The molecule has 0 unspecified atom stereocenters. The van der Waals surface area contributed by atoms with Crippen LogP contribution in [0.5, 0.6) is 5.75 Å². The first-order valence-electron chi connectivity index (χ1n) is 7.38. The number of ether oxygens (including phenoxy) is 1. The van der Waals surface area contributed by atoms with Crippen LogP contribution < -0.4 is 10.1 Å². The SMILES string of the molecule is O=C(COc1ccccc1C(F)(F)F)Nc1cccc2cccnc12. The van der Waals surface area contributed by atoms with Gasteiger partial charge in [-0.25, -0.2) is 0 Å². The van der Waals surface area contributed by atoms with E-state index >= 15 is 0 Å². The third kappa shape index (κ3) is 3.88. The third-order valence-electron chi connectivity index (χ3n) is 3.46. The van der Waals surface area contributed by atoms with E-state index < -0.39 is 24.3 Å². The second kappa shape index (κ2) is 6.80. The van der Waals surface area contributed by atoms with Crippen molar-refractivity contribution in [1.29, 1.82) is 0 Å². The Kier molecular flexibility index (Phi) is 4.56. The van der Waals surface area contributed by atoms with Gasteiger partial charge in [0, 0.05) is 11.6 Å². The molecule has 0 saturated heterocycles. The number of carbonyl (C=O) groups is 1. The smallest absolute Gasteiger partial charge is 0.419 e. The first-order valence-corrected chi connectivity index (χ1v) is 7.38. The summed E-state index contributed by atoms with van der Waals surface area (Å²) in [5.41, 5.74) is 0.138. The number of aromatic nitrogens is 1. The fourth-order valence-corrected chi connectivity index (χ4v) is 2.36. The maximum Gasteiger partial charge on any atom is 0.419 e. The van der Waals surface area contributed by atoms with Crippen molar-refractivity contribution < 1.29 is 22.7 Å². The Bertz CT molecular complexity index is 905. The molecule has 0 fully saturated rings. The number of hydrogen-bond donors (Lipinski definition) is 1. The molecule has 0 bridgehead atoms. The molecule has 0 saturated carbocycles. The van der Waals surface area contributed by atoms with Gasteiger partial charge in [-0.3, -0.25) is 9.78 Å². The lowest BCUT2D eigenvalue weighted by atomic mass is 10.2. The summed E-state index contributed by atoms with van der Waals surface area (Å²) < 4.78 is 43.8. The van der Waals surface area contributed by atoms with E-state index in [1.165, 1.54) is 18.2 Å². The Morgan fingerprint density at radius 3 is 2.60 bits per heavy atom. The van der Waals surface area contributed by atoms with Crippen LogP contribution in [-0.2, 0) is 11.0 Å². The van der Waals surface area contributed by atoms with Crippen molar-refractivity contribution in [2.75, 3.05) is 11.9 Å². The fraction of sp³-hybridized carbons (Fsp3) is 0.111. The molecule has 0 spiro atoms. The number of nitrogens with one attached hydrogen (secondary N) is 1. The number of fused-ring (bicyclic) bond motifs is 1. The molecule has 1 aromatic heterocycles. The van der Waals surface area contributed by atoms with Gasteiger partial charge in [-0.15, -0.1) is 0 Å². The molecule has 1 amide bonds. The van der Waals surface area contributed by atoms with Crippen molar-refractivity contribution in [3.63, 3.8) is 0 Å². The lowest BCUT2D eigenvalue weighted by molar-refractivity contribution is -0.139. The van der Waals surface area contributed by atoms with E-state index in [2.05, 4.69) is 10.3 Å². The van der Waals surface area contributed by atoms with Gasteiger partial charge in [0.2, 0.25) is 0 Å². The summed E-state index contributed by atoms with van der Waals surface area (Å²) in [5.74, 6) is -0.962. The number of rotatable bonds is 4. The number of carbonyl (C=O) groups excluding carboxylic acids is 1. The number of para-hydroxylation sites is 2. The molecule has 1 heterocycles. The highest BCUT2D eigenvalue weighted by atomic mass is 19.4. The van der Waals surface area contributed by atoms with Gasteiger partial charge in [0.05, 0.1) is 16.8 Å². The Labute approximate surface area is 141 Å². The zero-order valence-electron chi connectivity index (χ0n) is 12.9. The topological polar surface area (TPSA) is 51.2 Å². The maximum atomic E-state index is 12.9. The van der Waals surface area contributed by atoms with Gasteiger partial charge in [0.1, 0.15) is 5.75 Å². The number of pyridine rings is 1. The number of alkyl halides is 3. The van der Waals surface area contributed by atoms with E-state index in [9.17, 15) is 18.0 Å². The molecule has 0 atom stereocenters. The second-order valence-corrected chi connectivity index (χ2v) is 5.21. The normalized spacial score (nSPS) is 11.3. The second-order valence-electron chi connectivity index (χ2n) is 5.21.